The molecular formula is C37H70N2O2. The maximum absolute atomic E-state index is 12.1. The number of rotatable bonds is 32. The molecule has 4 heteroatoms. The van der Waals surface area contributed by atoms with Gasteiger partial charge in [0.25, 0.3) is 0 Å². The molecule has 2 atom stereocenters. The maximum Gasteiger partial charge on any atom is 0.220 e. The molecule has 2 unspecified atom stereocenters. The molecule has 0 aliphatic carbocycles. The molecule has 0 aliphatic heterocycles. The van der Waals surface area contributed by atoms with Crippen molar-refractivity contribution in [3.63, 3.8) is 0 Å². The number of hydrogen-bond donors (Lipinski definition) is 2. The van der Waals surface area contributed by atoms with E-state index in [1.165, 1.54) is 116 Å². The summed E-state index contributed by atoms with van der Waals surface area (Å²) in [5.74, 6) is -1.02. The molecule has 2 amide bonds. The molecule has 0 saturated carbocycles. The van der Waals surface area contributed by atoms with Crippen molar-refractivity contribution in [3.8, 4) is 0 Å². The van der Waals surface area contributed by atoms with Gasteiger partial charge in [0.2, 0.25) is 11.8 Å². The molecule has 0 aromatic heterocycles. The van der Waals surface area contributed by atoms with Gasteiger partial charge in [-0.15, -0.1) is 0 Å². The molecule has 0 bridgehead atoms. The Balaban J connectivity index is 3.90. The fraction of sp³-hybridized carbons (Fsp3) is 0.838. The lowest BCUT2D eigenvalue weighted by Gasteiger charge is -2.19. The summed E-state index contributed by atoms with van der Waals surface area (Å²) in [6, 6.07) is 0. The van der Waals surface area contributed by atoms with Gasteiger partial charge in [0, 0.05) is 11.8 Å². The minimum absolute atomic E-state index is 0.235. The van der Waals surface area contributed by atoms with E-state index < -0.39 is 0 Å². The average Bonchev–Trinajstić information content (AvgIpc) is 2.95. The van der Waals surface area contributed by atoms with E-state index >= 15 is 0 Å². The molecule has 240 valence electrons. The molecule has 0 heterocycles. The first-order valence-corrected chi connectivity index (χ1v) is 17.9. The van der Waals surface area contributed by atoms with Crippen molar-refractivity contribution >= 4 is 11.8 Å². The Morgan fingerprint density at radius 3 is 1.00 bits per heavy atom. The molecule has 4 N–H and O–H groups in total. The van der Waals surface area contributed by atoms with Crippen LogP contribution < -0.4 is 11.5 Å². The zero-order valence-corrected chi connectivity index (χ0v) is 27.5. The standard InChI is InChI=1S/C37H70N2O2/c1-3-5-7-9-11-13-15-17-19-21-23-25-27-29-31-34(36(38)40)33-35(37(39)41)32-30-28-26-24-22-20-18-16-14-12-10-8-6-4-2/h17-20,34-35H,3-16,21-33H2,1-2H3,(H2,38,40)(H2,39,41)/b19-17-,20-18-. The molecule has 0 rings (SSSR count). The molecule has 4 nitrogen and oxygen atoms in total. The van der Waals surface area contributed by atoms with E-state index in [1.54, 1.807) is 0 Å². The minimum Gasteiger partial charge on any atom is -0.369 e. The second kappa shape index (κ2) is 31.4. The SMILES string of the molecule is CCCCCCCC/C=C\CCCCCCC(CC(CCCCCC/C=C\CCCCCCCC)C(N)=O)C(N)=O. The van der Waals surface area contributed by atoms with Crippen molar-refractivity contribution < 1.29 is 9.59 Å². The fourth-order valence-electron chi connectivity index (χ4n) is 5.67. The van der Waals surface area contributed by atoms with Crippen molar-refractivity contribution in [3.05, 3.63) is 24.3 Å². The van der Waals surface area contributed by atoms with Crippen LogP contribution in [0.15, 0.2) is 24.3 Å². The first-order chi connectivity index (χ1) is 20.0. The minimum atomic E-state index is -0.276. The van der Waals surface area contributed by atoms with Gasteiger partial charge in [-0.3, -0.25) is 9.59 Å². The van der Waals surface area contributed by atoms with Crippen LogP contribution in [0, 0.1) is 11.8 Å². The van der Waals surface area contributed by atoms with Crippen LogP contribution in [0.5, 0.6) is 0 Å². The van der Waals surface area contributed by atoms with Gasteiger partial charge >= 0.3 is 0 Å². The molecular weight excluding hydrogens is 504 g/mol. The van der Waals surface area contributed by atoms with Crippen LogP contribution in [0.3, 0.4) is 0 Å². The van der Waals surface area contributed by atoms with Gasteiger partial charge in [0.05, 0.1) is 0 Å². The predicted molar refractivity (Wildman–Crippen MR) is 180 cm³/mol. The number of hydrogen-bond acceptors (Lipinski definition) is 2. The van der Waals surface area contributed by atoms with Gasteiger partial charge in [0.15, 0.2) is 0 Å². The van der Waals surface area contributed by atoms with Crippen molar-refractivity contribution in [2.24, 2.45) is 23.3 Å². The summed E-state index contributed by atoms with van der Waals surface area (Å²) in [4.78, 5) is 24.2. The number of unbranched alkanes of at least 4 members (excludes halogenated alkanes) is 20. The van der Waals surface area contributed by atoms with Crippen molar-refractivity contribution in [2.45, 2.75) is 187 Å². The summed E-state index contributed by atoms with van der Waals surface area (Å²) < 4.78 is 0. The van der Waals surface area contributed by atoms with Gasteiger partial charge in [-0.05, 0) is 70.6 Å². The Kier molecular flexibility index (Phi) is 30.1. The third kappa shape index (κ3) is 28.3. The summed E-state index contributed by atoms with van der Waals surface area (Å²) in [7, 11) is 0. The maximum atomic E-state index is 12.1. The topological polar surface area (TPSA) is 86.2 Å². The smallest absolute Gasteiger partial charge is 0.220 e. The fourth-order valence-corrected chi connectivity index (χ4v) is 5.67. The molecule has 0 aromatic rings. The second-order valence-electron chi connectivity index (χ2n) is 12.5. The first kappa shape index (κ1) is 39.4. The van der Waals surface area contributed by atoms with Gasteiger partial charge in [-0.2, -0.15) is 0 Å². The number of amides is 2. The molecule has 0 aromatic carbocycles. The lowest BCUT2D eigenvalue weighted by molar-refractivity contribution is -0.125. The van der Waals surface area contributed by atoms with Crippen molar-refractivity contribution in [2.75, 3.05) is 0 Å². The number of primary amides is 2. The molecule has 0 radical (unpaired) electrons. The molecule has 0 spiro atoms. The predicted octanol–water partition coefficient (Wildman–Crippen LogP) is 10.9. The summed E-state index contributed by atoms with van der Waals surface area (Å²) in [6.07, 6.45) is 41.4. The van der Waals surface area contributed by atoms with Crippen LogP contribution in [0.4, 0.5) is 0 Å². The summed E-state index contributed by atoms with van der Waals surface area (Å²) in [5.41, 5.74) is 11.4. The summed E-state index contributed by atoms with van der Waals surface area (Å²) in [5, 5.41) is 0. The Morgan fingerprint density at radius 1 is 0.439 bits per heavy atom. The number of carbonyl (C=O) groups excluding carboxylic acids is 2. The third-order valence-electron chi connectivity index (χ3n) is 8.50. The zero-order valence-electron chi connectivity index (χ0n) is 27.5. The first-order valence-electron chi connectivity index (χ1n) is 17.9. The number of allylic oxidation sites excluding steroid dienone is 4. The van der Waals surface area contributed by atoms with E-state index in [1.807, 2.05) is 0 Å². The van der Waals surface area contributed by atoms with Crippen LogP contribution in [-0.2, 0) is 9.59 Å². The van der Waals surface area contributed by atoms with Gasteiger partial charge in [-0.25, -0.2) is 0 Å². The molecule has 0 aliphatic rings. The highest BCUT2D eigenvalue weighted by Crippen LogP contribution is 2.24. The van der Waals surface area contributed by atoms with Crippen LogP contribution in [-0.4, -0.2) is 11.8 Å². The quantitative estimate of drug-likeness (QED) is 0.0618. The average molecular weight is 575 g/mol. The Labute approximate surface area is 256 Å². The van der Waals surface area contributed by atoms with Crippen LogP contribution in [0.1, 0.15) is 187 Å². The van der Waals surface area contributed by atoms with Crippen LogP contribution >= 0.6 is 0 Å². The highest BCUT2D eigenvalue weighted by atomic mass is 16.1. The molecule has 41 heavy (non-hydrogen) atoms. The largest absolute Gasteiger partial charge is 0.369 e. The van der Waals surface area contributed by atoms with E-state index in [2.05, 4.69) is 38.2 Å². The van der Waals surface area contributed by atoms with E-state index in [9.17, 15) is 9.59 Å². The van der Waals surface area contributed by atoms with Gasteiger partial charge in [-0.1, -0.05) is 141 Å². The number of carbonyl (C=O) groups is 2. The summed E-state index contributed by atoms with van der Waals surface area (Å²) in [6.45, 7) is 4.53. The van der Waals surface area contributed by atoms with Gasteiger partial charge in [0.1, 0.15) is 0 Å². The van der Waals surface area contributed by atoms with E-state index in [4.69, 9.17) is 11.5 Å². The Hall–Kier alpha value is -1.58. The zero-order chi connectivity index (χ0) is 30.2. The lowest BCUT2D eigenvalue weighted by Crippen LogP contribution is -2.31. The second-order valence-corrected chi connectivity index (χ2v) is 12.5. The normalized spacial score (nSPS) is 13.3. The Morgan fingerprint density at radius 2 is 0.707 bits per heavy atom. The Bertz CT molecular complexity index is 589. The van der Waals surface area contributed by atoms with Crippen molar-refractivity contribution in [1.82, 2.24) is 0 Å². The lowest BCUT2D eigenvalue weighted by atomic mass is 9.86. The van der Waals surface area contributed by atoms with E-state index in [0.29, 0.717) is 6.42 Å². The highest BCUT2D eigenvalue weighted by molar-refractivity contribution is 5.80. The van der Waals surface area contributed by atoms with E-state index in [0.717, 1.165) is 51.4 Å². The van der Waals surface area contributed by atoms with Crippen LogP contribution in [0.25, 0.3) is 0 Å². The van der Waals surface area contributed by atoms with Crippen LogP contribution in [0.2, 0.25) is 0 Å². The van der Waals surface area contributed by atoms with E-state index in [-0.39, 0.29) is 23.7 Å². The van der Waals surface area contributed by atoms with Crippen molar-refractivity contribution in [1.29, 1.82) is 0 Å². The molecule has 0 fully saturated rings. The monoisotopic (exact) mass is 575 g/mol. The number of nitrogens with two attached hydrogens (primary N) is 2. The highest BCUT2D eigenvalue weighted by Gasteiger charge is 2.24. The van der Waals surface area contributed by atoms with Gasteiger partial charge < -0.3 is 11.5 Å². The summed E-state index contributed by atoms with van der Waals surface area (Å²) >= 11 is 0. The molecule has 0 saturated heterocycles. The third-order valence-corrected chi connectivity index (χ3v) is 8.50.